The van der Waals surface area contributed by atoms with E-state index in [0.717, 1.165) is 49.4 Å². The zero-order valence-corrected chi connectivity index (χ0v) is 18.2. The molecule has 2 aromatic heterocycles. The summed E-state index contributed by atoms with van der Waals surface area (Å²) in [5.41, 5.74) is 2.83. The van der Waals surface area contributed by atoms with Gasteiger partial charge in [-0.15, -0.1) is 5.10 Å². The average molecular weight is 411 g/mol. The number of rotatable bonds is 10. The topological polar surface area (TPSA) is 69.0 Å². The number of fused-ring (bicyclic) bond motifs is 1. The molecule has 160 valence electrons. The molecule has 0 spiro atoms. The van der Waals surface area contributed by atoms with Crippen LogP contribution in [0.5, 0.6) is 5.88 Å². The van der Waals surface area contributed by atoms with Gasteiger partial charge in [-0.2, -0.15) is 0 Å². The number of carbonyl (C=O) groups is 1. The Labute approximate surface area is 177 Å². The molecular formula is C23H30N4O3. The minimum Gasteiger partial charge on any atom is -0.474 e. The molecule has 0 bridgehead atoms. The Kier molecular flexibility index (Phi) is 7.41. The van der Waals surface area contributed by atoms with E-state index in [9.17, 15) is 4.79 Å². The number of imidazole rings is 1. The first-order valence-electron chi connectivity index (χ1n) is 10.5. The molecule has 0 saturated heterocycles. The number of benzene rings is 1. The highest BCUT2D eigenvalue weighted by Gasteiger charge is 2.13. The molecule has 1 aromatic carbocycles. The minimum absolute atomic E-state index is 0.0696. The molecule has 0 aliphatic carbocycles. The summed E-state index contributed by atoms with van der Waals surface area (Å²) in [5.74, 6) is 0.183. The molecule has 0 saturated carbocycles. The molecule has 2 heterocycles. The molecule has 0 amide bonds. The van der Waals surface area contributed by atoms with Crippen LogP contribution in [0.3, 0.4) is 0 Å². The lowest BCUT2D eigenvalue weighted by molar-refractivity contribution is 0.0600. The van der Waals surface area contributed by atoms with Crippen LogP contribution in [0.4, 0.5) is 0 Å². The van der Waals surface area contributed by atoms with E-state index in [2.05, 4.69) is 35.8 Å². The van der Waals surface area contributed by atoms with Gasteiger partial charge in [-0.3, -0.25) is 0 Å². The number of hydrogen-bond acceptors (Lipinski definition) is 6. The lowest BCUT2D eigenvalue weighted by Gasteiger charge is -2.19. The minimum atomic E-state index is -0.374. The lowest BCUT2D eigenvalue weighted by Crippen LogP contribution is -2.25. The summed E-state index contributed by atoms with van der Waals surface area (Å²) in [7, 11) is 1.37. The van der Waals surface area contributed by atoms with E-state index in [1.165, 1.54) is 7.11 Å². The summed E-state index contributed by atoms with van der Waals surface area (Å²) in [6.45, 7) is 9.67. The molecule has 3 rings (SSSR count). The highest BCUT2D eigenvalue weighted by Crippen LogP contribution is 2.23. The normalized spacial score (nSPS) is 12.3. The molecule has 0 aliphatic heterocycles. The fourth-order valence-corrected chi connectivity index (χ4v) is 3.45. The predicted octanol–water partition coefficient (Wildman–Crippen LogP) is 4.07. The van der Waals surface area contributed by atoms with Crippen LogP contribution in [0.2, 0.25) is 0 Å². The highest BCUT2D eigenvalue weighted by molar-refractivity contribution is 5.90. The molecule has 0 aliphatic rings. The Morgan fingerprint density at radius 2 is 2.00 bits per heavy atom. The third kappa shape index (κ3) is 5.16. The van der Waals surface area contributed by atoms with Crippen molar-refractivity contribution in [1.82, 2.24) is 19.5 Å². The quantitative estimate of drug-likeness (QED) is 0.469. The maximum absolute atomic E-state index is 11.9. The first kappa shape index (κ1) is 21.8. The van der Waals surface area contributed by atoms with Crippen molar-refractivity contribution in [2.75, 3.05) is 26.7 Å². The van der Waals surface area contributed by atoms with Gasteiger partial charge < -0.3 is 14.4 Å². The summed E-state index contributed by atoms with van der Waals surface area (Å²) in [6, 6.07) is 11.0. The third-order valence-corrected chi connectivity index (χ3v) is 5.22. The van der Waals surface area contributed by atoms with Gasteiger partial charge in [0.05, 0.1) is 30.7 Å². The van der Waals surface area contributed by atoms with Crippen molar-refractivity contribution in [3.05, 3.63) is 48.2 Å². The smallest absolute Gasteiger partial charge is 0.337 e. The van der Waals surface area contributed by atoms with Crippen molar-refractivity contribution in [3.8, 4) is 17.1 Å². The van der Waals surface area contributed by atoms with Gasteiger partial charge >= 0.3 is 5.97 Å². The second-order valence-corrected chi connectivity index (χ2v) is 7.25. The molecule has 0 radical (unpaired) electrons. The third-order valence-electron chi connectivity index (χ3n) is 5.22. The Bertz CT molecular complexity index is 981. The van der Waals surface area contributed by atoms with Crippen molar-refractivity contribution in [1.29, 1.82) is 0 Å². The zero-order chi connectivity index (χ0) is 21.5. The van der Waals surface area contributed by atoms with Crippen molar-refractivity contribution in [2.45, 2.75) is 39.7 Å². The maximum atomic E-state index is 11.9. The van der Waals surface area contributed by atoms with Crippen LogP contribution in [-0.4, -0.2) is 58.3 Å². The number of aromatic nitrogens is 3. The van der Waals surface area contributed by atoms with E-state index in [-0.39, 0.29) is 12.1 Å². The second-order valence-electron chi connectivity index (χ2n) is 7.25. The standard InChI is InChI=1S/C23H30N4O3/c1-5-26(6-2)14-8-9-17(3)30-22-13-12-21-24-16-20(27(21)25-22)18-10-7-11-19(15-18)23(28)29-4/h7,10-13,15-17H,5-6,8-9,14H2,1-4H3. The first-order chi connectivity index (χ1) is 14.5. The van der Waals surface area contributed by atoms with Crippen LogP contribution in [0.25, 0.3) is 16.9 Å². The van der Waals surface area contributed by atoms with E-state index in [0.29, 0.717) is 11.4 Å². The number of nitrogens with zero attached hydrogens (tertiary/aromatic N) is 4. The Hall–Kier alpha value is -2.93. The monoisotopic (exact) mass is 410 g/mol. The van der Waals surface area contributed by atoms with Gasteiger partial charge in [0.2, 0.25) is 5.88 Å². The number of carbonyl (C=O) groups excluding carboxylic acids is 1. The molecular weight excluding hydrogens is 380 g/mol. The first-order valence-corrected chi connectivity index (χ1v) is 10.5. The molecule has 1 unspecified atom stereocenters. The van der Waals surface area contributed by atoms with Gasteiger partial charge in [0.15, 0.2) is 5.65 Å². The molecule has 3 aromatic rings. The summed E-state index contributed by atoms with van der Waals surface area (Å²) in [4.78, 5) is 18.7. The number of methoxy groups -OCH3 is 1. The molecule has 1 atom stereocenters. The van der Waals surface area contributed by atoms with E-state index in [1.807, 2.05) is 24.3 Å². The van der Waals surface area contributed by atoms with Crippen LogP contribution in [0, 0.1) is 0 Å². The van der Waals surface area contributed by atoms with E-state index < -0.39 is 0 Å². The molecule has 0 N–H and O–H groups in total. The van der Waals surface area contributed by atoms with E-state index in [1.54, 1.807) is 22.8 Å². The van der Waals surface area contributed by atoms with E-state index in [4.69, 9.17) is 9.47 Å². The van der Waals surface area contributed by atoms with Crippen LogP contribution in [0.15, 0.2) is 42.6 Å². The molecule has 7 heteroatoms. The largest absolute Gasteiger partial charge is 0.474 e. The second kappa shape index (κ2) is 10.2. The van der Waals surface area contributed by atoms with Crippen LogP contribution < -0.4 is 4.74 Å². The van der Waals surface area contributed by atoms with Crippen molar-refractivity contribution < 1.29 is 14.3 Å². The van der Waals surface area contributed by atoms with Crippen molar-refractivity contribution in [2.24, 2.45) is 0 Å². The molecule has 7 nitrogen and oxygen atoms in total. The zero-order valence-electron chi connectivity index (χ0n) is 18.2. The van der Waals surface area contributed by atoms with Gasteiger partial charge in [-0.25, -0.2) is 14.3 Å². The van der Waals surface area contributed by atoms with Gasteiger partial charge in [0.1, 0.15) is 0 Å². The predicted molar refractivity (Wildman–Crippen MR) is 117 cm³/mol. The van der Waals surface area contributed by atoms with Crippen LogP contribution >= 0.6 is 0 Å². The summed E-state index contributed by atoms with van der Waals surface area (Å²) in [6.07, 6.45) is 3.87. The lowest BCUT2D eigenvalue weighted by atomic mass is 10.1. The fraction of sp³-hybridized carbons (Fsp3) is 0.435. The van der Waals surface area contributed by atoms with Gasteiger partial charge in [-0.1, -0.05) is 26.0 Å². The average Bonchev–Trinajstić information content (AvgIpc) is 3.19. The van der Waals surface area contributed by atoms with Gasteiger partial charge in [0, 0.05) is 11.6 Å². The summed E-state index contributed by atoms with van der Waals surface area (Å²) in [5, 5.41) is 4.63. The van der Waals surface area contributed by atoms with Crippen molar-refractivity contribution >= 4 is 11.6 Å². The Morgan fingerprint density at radius 1 is 1.20 bits per heavy atom. The Balaban J connectivity index is 1.74. The fourth-order valence-electron chi connectivity index (χ4n) is 3.45. The number of esters is 1. The van der Waals surface area contributed by atoms with Crippen molar-refractivity contribution in [3.63, 3.8) is 0 Å². The Morgan fingerprint density at radius 3 is 2.73 bits per heavy atom. The van der Waals surface area contributed by atoms with Gasteiger partial charge in [-0.05, 0) is 57.6 Å². The SMILES string of the molecule is CCN(CC)CCCC(C)Oc1ccc2ncc(-c3cccc(C(=O)OC)c3)n2n1. The molecule has 0 fully saturated rings. The maximum Gasteiger partial charge on any atom is 0.337 e. The molecule has 30 heavy (non-hydrogen) atoms. The van der Waals surface area contributed by atoms with Crippen LogP contribution in [-0.2, 0) is 4.74 Å². The number of hydrogen-bond donors (Lipinski definition) is 0. The summed E-state index contributed by atoms with van der Waals surface area (Å²) >= 11 is 0. The van der Waals surface area contributed by atoms with Crippen LogP contribution in [0.1, 0.15) is 44.0 Å². The number of ether oxygens (including phenoxy) is 2. The van der Waals surface area contributed by atoms with Gasteiger partial charge in [0.25, 0.3) is 0 Å². The van der Waals surface area contributed by atoms with E-state index >= 15 is 0 Å². The highest BCUT2D eigenvalue weighted by atomic mass is 16.5. The summed E-state index contributed by atoms with van der Waals surface area (Å²) < 4.78 is 12.6.